The van der Waals surface area contributed by atoms with Gasteiger partial charge in [0, 0.05) is 54.4 Å². The van der Waals surface area contributed by atoms with Crippen LogP contribution in [0.15, 0.2) is 51.9 Å². The van der Waals surface area contributed by atoms with E-state index in [9.17, 15) is 39.0 Å². The van der Waals surface area contributed by atoms with Crippen molar-refractivity contribution in [3.8, 4) is 0 Å². The second-order valence-electron chi connectivity index (χ2n) is 11.7. The van der Waals surface area contributed by atoms with Gasteiger partial charge >= 0.3 is 59.1 Å². The van der Waals surface area contributed by atoms with E-state index in [-0.39, 0.29) is 126 Å². The number of β-lactam (4-membered cyclic amide) rings is 1. The number of anilines is 1. The smallest absolute Gasteiger partial charge is 0.545 e. The Labute approximate surface area is 331 Å². The molecule has 1 aliphatic carbocycles. The number of carboxylic acids is 2. The van der Waals surface area contributed by atoms with Gasteiger partial charge in [0.25, 0.3) is 11.8 Å². The van der Waals surface area contributed by atoms with Gasteiger partial charge in [0.05, 0.1) is 46.4 Å². The summed E-state index contributed by atoms with van der Waals surface area (Å²) < 4.78 is 17.1. The third-order valence-electron chi connectivity index (χ3n) is 8.82. The van der Waals surface area contributed by atoms with Crippen molar-refractivity contribution in [2.45, 2.75) is 36.7 Å². The van der Waals surface area contributed by atoms with E-state index < -0.39 is 57.7 Å². The van der Waals surface area contributed by atoms with Gasteiger partial charge in [-0.05, 0) is 36.4 Å². The number of rotatable bonds is 8. The number of carbonyl (C=O) groups is 5. The Balaban J connectivity index is 0.00000234. The minimum absolute atomic E-state index is 0. The molecule has 0 spiro atoms. The Kier molecular flexibility index (Phi) is 11.4. The molecule has 49 heavy (non-hydrogen) atoms. The van der Waals surface area contributed by atoms with Gasteiger partial charge in [-0.25, -0.2) is 4.39 Å². The summed E-state index contributed by atoms with van der Waals surface area (Å²) in [5, 5.41) is 27.5. The van der Waals surface area contributed by atoms with Gasteiger partial charge in [-0.15, -0.1) is 23.1 Å². The van der Waals surface area contributed by atoms with Crippen molar-refractivity contribution >= 4 is 69.3 Å². The van der Waals surface area contributed by atoms with Gasteiger partial charge in [0.15, 0.2) is 5.43 Å². The predicted molar refractivity (Wildman–Crippen MR) is 165 cm³/mol. The second kappa shape index (κ2) is 14.9. The molecule has 4 aliphatic rings. The standard InChI is InChI=1S/C31H28FN5O8S2.2Na/c32-20-11-17-21(36(15-3-4-15)13-18(26(17)39)30(42)43)12-22(20)34-5-7-35(8-6-34)27(40)19-14-47-29-24(28(41)37(29)25(19)31(44)45)33-23(38)10-16-2-1-9-46-16;;/h1-2,9,11-13,15,24,29H,3-8,10,14H2,(H,33,38)(H,42,43)(H,44,45);;/q;2*+1/p-2. The minimum Gasteiger partial charge on any atom is -0.545 e. The normalized spacial score (nSPS) is 20.2. The van der Waals surface area contributed by atoms with Crippen LogP contribution in [-0.2, 0) is 25.6 Å². The topological polar surface area (TPSA) is 175 Å². The molecule has 0 radical (unpaired) electrons. The van der Waals surface area contributed by atoms with Crippen LogP contribution in [0.4, 0.5) is 10.1 Å². The van der Waals surface area contributed by atoms with Gasteiger partial charge in [0.1, 0.15) is 17.2 Å². The maximum absolute atomic E-state index is 15.4. The molecule has 13 nitrogen and oxygen atoms in total. The fourth-order valence-corrected chi connectivity index (χ4v) is 8.35. The van der Waals surface area contributed by atoms with E-state index in [0.29, 0.717) is 5.52 Å². The molecule has 3 aromatic rings. The summed E-state index contributed by atoms with van der Waals surface area (Å²) in [6.07, 6.45) is 2.91. The zero-order valence-corrected chi connectivity index (χ0v) is 32.2. The van der Waals surface area contributed by atoms with Crippen LogP contribution in [0.1, 0.15) is 34.1 Å². The Morgan fingerprint density at radius 3 is 2.33 bits per heavy atom. The zero-order chi connectivity index (χ0) is 33.1. The molecule has 2 aromatic heterocycles. The molecule has 3 amide bonds. The number of aromatic carboxylic acids is 1. The van der Waals surface area contributed by atoms with Gasteiger partial charge in [-0.3, -0.25) is 24.1 Å². The quantitative estimate of drug-likeness (QED) is 0.174. The SMILES string of the molecule is O=C(Cc1cccs1)NC1C(=O)N2C(C(=O)[O-])=C(C(=O)N3CCN(c4cc5c(cc4F)c(=O)c(C(=O)[O-])cn5C4CC4)CC3)CSC12.[Na+].[Na+]. The molecule has 5 heterocycles. The number of carbonyl (C=O) groups excluding carboxylic acids is 5. The summed E-state index contributed by atoms with van der Waals surface area (Å²) in [5.41, 5.74) is -1.38. The van der Waals surface area contributed by atoms with Crippen molar-refractivity contribution in [1.82, 2.24) is 19.7 Å². The number of hydrogen-bond acceptors (Lipinski definition) is 11. The zero-order valence-electron chi connectivity index (χ0n) is 26.6. The van der Waals surface area contributed by atoms with Crippen LogP contribution in [0.5, 0.6) is 0 Å². The number of fused-ring (bicyclic) bond motifs is 2. The summed E-state index contributed by atoms with van der Waals surface area (Å²) in [5.74, 6) is -5.63. The van der Waals surface area contributed by atoms with E-state index in [4.69, 9.17) is 0 Å². The van der Waals surface area contributed by atoms with Crippen molar-refractivity contribution < 1.29 is 97.7 Å². The van der Waals surface area contributed by atoms with Gasteiger partial charge in [-0.2, -0.15) is 0 Å². The average molecular weight is 726 g/mol. The number of nitrogens with one attached hydrogen (secondary N) is 1. The number of piperazine rings is 1. The Morgan fingerprint density at radius 2 is 1.71 bits per heavy atom. The molecule has 244 valence electrons. The van der Waals surface area contributed by atoms with Gasteiger partial charge < -0.3 is 39.5 Å². The molecule has 2 saturated heterocycles. The van der Waals surface area contributed by atoms with Gasteiger partial charge in [0.2, 0.25) is 5.91 Å². The molecule has 3 aliphatic heterocycles. The monoisotopic (exact) mass is 725 g/mol. The molecule has 18 heteroatoms. The third-order valence-corrected chi connectivity index (χ3v) is 11.0. The average Bonchev–Trinajstić information content (AvgIpc) is 3.77. The summed E-state index contributed by atoms with van der Waals surface area (Å²) >= 11 is 2.58. The number of carboxylic acid groups (broad SMARTS) is 2. The van der Waals surface area contributed by atoms with E-state index in [0.717, 1.165) is 28.7 Å². The van der Waals surface area contributed by atoms with Crippen LogP contribution >= 0.6 is 23.1 Å². The first-order valence-electron chi connectivity index (χ1n) is 14.9. The molecule has 1 aromatic carbocycles. The van der Waals surface area contributed by atoms with Crippen LogP contribution < -0.4 is 85.0 Å². The number of hydrogen-bond donors (Lipinski definition) is 1. The first kappa shape index (κ1) is 37.6. The number of aliphatic carboxylic acids is 1. The van der Waals surface area contributed by atoms with Crippen LogP contribution in [0.3, 0.4) is 0 Å². The molecule has 1 N–H and O–H groups in total. The van der Waals surface area contributed by atoms with Crippen molar-refractivity contribution in [1.29, 1.82) is 0 Å². The number of amides is 3. The minimum atomic E-state index is -1.67. The van der Waals surface area contributed by atoms with Crippen LogP contribution in [-0.4, -0.2) is 87.4 Å². The summed E-state index contributed by atoms with van der Waals surface area (Å²) in [7, 11) is 0. The second-order valence-corrected chi connectivity index (χ2v) is 13.9. The van der Waals surface area contributed by atoms with Crippen molar-refractivity contribution in [2.24, 2.45) is 0 Å². The number of nitrogens with zero attached hydrogens (tertiary/aromatic N) is 4. The number of aromatic nitrogens is 1. The predicted octanol–water partition coefficient (Wildman–Crippen LogP) is -6.80. The van der Waals surface area contributed by atoms with Crippen LogP contribution in [0, 0.1) is 5.82 Å². The Bertz CT molecular complexity index is 1960. The fraction of sp³-hybridized carbons (Fsp3) is 0.355. The molecule has 1 saturated carbocycles. The molecule has 3 fully saturated rings. The number of thiophene rings is 1. The third kappa shape index (κ3) is 6.98. The number of benzene rings is 1. The van der Waals surface area contributed by atoms with E-state index in [1.54, 1.807) is 15.5 Å². The largest absolute Gasteiger partial charge is 1.00 e. The maximum Gasteiger partial charge on any atom is 1.00 e. The first-order chi connectivity index (χ1) is 22.5. The number of halogens is 1. The van der Waals surface area contributed by atoms with E-state index in [1.165, 1.54) is 40.3 Å². The van der Waals surface area contributed by atoms with Crippen LogP contribution in [0.25, 0.3) is 10.9 Å². The van der Waals surface area contributed by atoms with E-state index in [2.05, 4.69) is 5.32 Å². The van der Waals surface area contributed by atoms with Crippen LogP contribution in [0.2, 0.25) is 0 Å². The number of pyridine rings is 1. The Morgan fingerprint density at radius 1 is 1.00 bits per heavy atom. The summed E-state index contributed by atoms with van der Waals surface area (Å²) in [6.45, 7) is 0.596. The molecule has 0 bridgehead atoms. The number of thioether (sulfide) groups is 1. The molecule has 2 unspecified atom stereocenters. The molecule has 7 rings (SSSR count). The van der Waals surface area contributed by atoms with Crippen molar-refractivity contribution in [3.05, 3.63) is 73.6 Å². The molecular formula is C31H26FN5Na2O8S2. The summed E-state index contributed by atoms with van der Waals surface area (Å²) in [6, 6.07) is 5.21. The Hall–Kier alpha value is -2.70. The molecular weight excluding hydrogens is 699 g/mol. The van der Waals surface area contributed by atoms with Crippen molar-refractivity contribution in [3.63, 3.8) is 0 Å². The summed E-state index contributed by atoms with van der Waals surface area (Å²) in [4.78, 5) is 80.6. The first-order valence-corrected chi connectivity index (χ1v) is 16.8. The van der Waals surface area contributed by atoms with E-state index in [1.807, 2.05) is 11.4 Å². The van der Waals surface area contributed by atoms with Crippen molar-refractivity contribution in [2.75, 3.05) is 36.8 Å². The maximum atomic E-state index is 15.4. The van der Waals surface area contributed by atoms with E-state index >= 15 is 4.39 Å². The fourth-order valence-electron chi connectivity index (χ4n) is 6.31. The molecule has 2 atom stereocenters. The van der Waals surface area contributed by atoms with Gasteiger partial charge in [-0.1, -0.05) is 6.07 Å².